The molecule has 128 valence electrons. The molecule has 0 unspecified atom stereocenters. The standard InChI is InChI=1S/C16H19ClN4O3/c1-3-12-7-4-5-8-13(12)18-14(22)9-6-10-20-11(2)15(17)16(19-20)21(23)24/h4-5,7-8H,3,6,9-10H2,1-2H3,(H,18,22). The summed E-state index contributed by atoms with van der Waals surface area (Å²) in [5, 5.41) is 17.6. The molecular formula is C16H19ClN4O3. The highest BCUT2D eigenvalue weighted by atomic mass is 35.5. The molecule has 2 aromatic rings. The van der Waals surface area contributed by atoms with Gasteiger partial charge in [0, 0.05) is 12.1 Å². The van der Waals surface area contributed by atoms with E-state index >= 15 is 0 Å². The molecule has 7 nitrogen and oxygen atoms in total. The number of amides is 1. The first-order chi connectivity index (χ1) is 11.4. The van der Waals surface area contributed by atoms with Crippen molar-refractivity contribution < 1.29 is 9.72 Å². The molecule has 24 heavy (non-hydrogen) atoms. The maximum absolute atomic E-state index is 12.1. The van der Waals surface area contributed by atoms with Crippen LogP contribution in [-0.4, -0.2) is 20.6 Å². The SMILES string of the molecule is CCc1ccccc1NC(=O)CCCn1nc([N+](=O)[O-])c(Cl)c1C. The molecule has 0 aliphatic rings. The molecule has 0 saturated heterocycles. The van der Waals surface area contributed by atoms with Crippen LogP contribution in [0.15, 0.2) is 24.3 Å². The van der Waals surface area contributed by atoms with Gasteiger partial charge in [-0.25, -0.2) is 0 Å². The van der Waals surface area contributed by atoms with Crippen molar-refractivity contribution >= 4 is 29.0 Å². The Bertz CT molecular complexity index is 758. The van der Waals surface area contributed by atoms with E-state index in [4.69, 9.17) is 11.6 Å². The summed E-state index contributed by atoms with van der Waals surface area (Å²) < 4.78 is 1.47. The second-order valence-electron chi connectivity index (χ2n) is 5.37. The van der Waals surface area contributed by atoms with Crippen molar-refractivity contribution in [3.05, 3.63) is 50.7 Å². The van der Waals surface area contributed by atoms with Gasteiger partial charge in [-0.3, -0.25) is 4.79 Å². The zero-order valence-corrected chi connectivity index (χ0v) is 14.3. The molecule has 0 bridgehead atoms. The fraction of sp³-hybridized carbons (Fsp3) is 0.375. The van der Waals surface area contributed by atoms with Crippen LogP contribution in [0.25, 0.3) is 0 Å². The van der Waals surface area contributed by atoms with Crippen molar-refractivity contribution in [1.82, 2.24) is 9.78 Å². The largest absolute Gasteiger partial charge is 0.408 e. The van der Waals surface area contributed by atoms with Gasteiger partial charge in [0.2, 0.25) is 5.91 Å². The molecule has 1 aromatic carbocycles. The van der Waals surface area contributed by atoms with E-state index in [2.05, 4.69) is 10.4 Å². The topological polar surface area (TPSA) is 90.1 Å². The summed E-state index contributed by atoms with van der Waals surface area (Å²) in [5.74, 6) is -0.447. The van der Waals surface area contributed by atoms with Gasteiger partial charge in [0.15, 0.2) is 5.02 Å². The maximum Gasteiger partial charge on any atom is 0.408 e. The lowest BCUT2D eigenvalue weighted by atomic mass is 10.1. The summed E-state index contributed by atoms with van der Waals surface area (Å²) in [4.78, 5) is 22.3. The molecule has 0 fully saturated rings. The Morgan fingerprint density at radius 1 is 1.42 bits per heavy atom. The molecule has 1 N–H and O–H groups in total. The zero-order valence-electron chi connectivity index (χ0n) is 13.6. The molecular weight excluding hydrogens is 332 g/mol. The van der Waals surface area contributed by atoms with Crippen LogP contribution >= 0.6 is 11.6 Å². The Morgan fingerprint density at radius 2 is 2.12 bits per heavy atom. The molecule has 2 rings (SSSR count). The molecule has 1 amide bonds. The Balaban J connectivity index is 1.91. The number of halogens is 1. The highest BCUT2D eigenvalue weighted by Gasteiger charge is 2.23. The number of nitrogens with one attached hydrogen (secondary N) is 1. The molecule has 0 atom stereocenters. The Hall–Kier alpha value is -2.41. The lowest BCUT2D eigenvalue weighted by molar-refractivity contribution is -0.389. The van der Waals surface area contributed by atoms with E-state index in [9.17, 15) is 14.9 Å². The number of nitro groups is 1. The van der Waals surface area contributed by atoms with Crippen LogP contribution in [0.2, 0.25) is 5.02 Å². The second-order valence-corrected chi connectivity index (χ2v) is 5.74. The summed E-state index contributed by atoms with van der Waals surface area (Å²) in [6.07, 6.45) is 1.64. The third-order valence-corrected chi connectivity index (χ3v) is 4.18. The van der Waals surface area contributed by atoms with Gasteiger partial charge in [0.25, 0.3) is 0 Å². The third kappa shape index (κ3) is 4.11. The number of rotatable bonds is 7. The molecule has 1 heterocycles. The van der Waals surface area contributed by atoms with Gasteiger partial charge in [-0.15, -0.1) is 0 Å². The summed E-state index contributed by atoms with van der Waals surface area (Å²) in [6.45, 7) is 4.09. The molecule has 8 heteroatoms. The third-order valence-electron chi connectivity index (χ3n) is 3.74. The van der Waals surface area contributed by atoms with E-state index < -0.39 is 4.92 Å². The van der Waals surface area contributed by atoms with E-state index in [0.717, 1.165) is 17.7 Å². The Kier molecular flexibility index (Phi) is 5.92. The van der Waals surface area contributed by atoms with Crippen LogP contribution < -0.4 is 5.32 Å². The van der Waals surface area contributed by atoms with Crippen molar-refractivity contribution in [2.45, 2.75) is 39.7 Å². The number of aromatic nitrogens is 2. The van der Waals surface area contributed by atoms with Crippen LogP contribution in [0.4, 0.5) is 11.5 Å². The molecule has 0 aliphatic carbocycles. The number of anilines is 1. The monoisotopic (exact) mass is 350 g/mol. The molecule has 1 aromatic heterocycles. The van der Waals surface area contributed by atoms with Crippen molar-refractivity contribution in [2.24, 2.45) is 0 Å². The average molecular weight is 351 g/mol. The first-order valence-corrected chi connectivity index (χ1v) is 8.06. The fourth-order valence-corrected chi connectivity index (χ4v) is 2.60. The summed E-state index contributed by atoms with van der Waals surface area (Å²) >= 11 is 5.89. The minimum Gasteiger partial charge on any atom is -0.358 e. The smallest absolute Gasteiger partial charge is 0.358 e. The highest BCUT2D eigenvalue weighted by molar-refractivity contribution is 6.33. The van der Waals surface area contributed by atoms with Gasteiger partial charge >= 0.3 is 5.82 Å². The first-order valence-electron chi connectivity index (χ1n) is 7.69. The van der Waals surface area contributed by atoms with Crippen LogP contribution in [0, 0.1) is 17.0 Å². The minimum absolute atomic E-state index is 0.0429. The number of carbonyl (C=O) groups excluding carboxylic acids is 1. The quantitative estimate of drug-likeness (QED) is 0.608. The fourth-order valence-electron chi connectivity index (χ4n) is 2.40. The number of aryl methyl sites for hydroxylation is 2. The van der Waals surface area contributed by atoms with Crippen LogP contribution in [0.1, 0.15) is 31.0 Å². The van der Waals surface area contributed by atoms with E-state index in [1.54, 1.807) is 6.92 Å². The summed E-state index contributed by atoms with van der Waals surface area (Å²) in [7, 11) is 0. The Morgan fingerprint density at radius 3 is 2.75 bits per heavy atom. The maximum atomic E-state index is 12.1. The lowest BCUT2D eigenvalue weighted by Gasteiger charge is -2.09. The number of para-hydroxylation sites is 1. The molecule has 0 aliphatic heterocycles. The molecule has 0 saturated carbocycles. The second kappa shape index (κ2) is 7.92. The van der Waals surface area contributed by atoms with Gasteiger partial charge in [0.05, 0.1) is 17.3 Å². The van der Waals surface area contributed by atoms with Crippen LogP contribution in [-0.2, 0) is 17.8 Å². The minimum atomic E-state index is -0.611. The highest BCUT2D eigenvalue weighted by Crippen LogP contribution is 2.26. The van der Waals surface area contributed by atoms with Crippen LogP contribution in [0.5, 0.6) is 0 Å². The van der Waals surface area contributed by atoms with Crippen molar-refractivity contribution in [1.29, 1.82) is 0 Å². The lowest BCUT2D eigenvalue weighted by Crippen LogP contribution is -2.14. The van der Waals surface area contributed by atoms with Crippen molar-refractivity contribution in [3.8, 4) is 0 Å². The van der Waals surface area contributed by atoms with Gasteiger partial charge in [-0.05, 0) is 36.3 Å². The zero-order chi connectivity index (χ0) is 17.7. The van der Waals surface area contributed by atoms with E-state index in [1.807, 2.05) is 31.2 Å². The van der Waals surface area contributed by atoms with E-state index in [1.165, 1.54) is 4.68 Å². The van der Waals surface area contributed by atoms with Crippen LogP contribution in [0.3, 0.4) is 0 Å². The van der Waals surface area contributed by atoms with Gasteiger partial charge in [-0.1, -0.05) is 36.7 Å². The number of nitrogens with zero attached hydrogens (tertiary/aromatic N) is 3. The molecule has 0 spiro atoms. The average Bonchev–Trinajstić information content (AvgIpc) is 2.84. The summed E-state index contributed by atoms with van der Waals surface area (Å²) in [5.41, 5.74) is 2.43. The number of hydrogen-bond acceptors (Lipinski definition) is 4. The first kappa shape index (κ1) is 17.9. The normalized spacial score (nSPS) is 10.6. The number of hydrogen-bond donors (Lipinski definition) is 1. The molecule has 0 radical (unpaired) electrons. The Labute approximate surface area is 144 Å². The number of carbonyl (C=O) groups is 1. The van der Waals surface area contributed by atoms with Crippen molar-refractivity contribution in [3.63, 3.8) is 0 Å². The predicted molar refractivity (Wildman–Crippen MR) is 92.3 cm³/mol. The van der Waals surface area contributed by atoms with E-state index in [0.29, 0.717) is 25.1 Å². The summed E-state index contributed by atoms with van der Waals surface area (Å²) in [6, 6.07) is 7.66. The van der Waals surface area contributed by atoms with Gasteiger partial charge in [0.1, 0.15) is 0 Å². The predicted octanol–water partition coefficient (Wildman–Crippen LogP) is 3.73. The van der Waals surface area contributed by atoms with Gasteiger partial charge < -0.3 is 15.4 Å². The van der Waals surface area contributed by atoms with Crippen molar-refractivity contribution in [2.75, 3.05) is 5.32 Å². The van der Waals surface area contributed by atoms with Gasteiger partial charge in [-0.2, -0.15) is 4.68 Å². The number of benzene rings is 1. The van der Waals surface area contributed by atoms with E-state index in [-0.39, 0.29) is 16.7 Å².